The molecule has 0 N–H and O–H groups in total. The van der Waals surface area contributed by atoms with Gasteiger partial charge in [-0.3, -0.25) is 30.3 Å². The fourth-order valence-electron chi connectivity index (χ4n) is 2.75. The molecule has 0 aromatic heterocycles. The van der Waals surface area contributed by atoms with E-state index in [1.807, 2.05) is 26.0 Å². The summed E-state index contributed by atoms with van der Waals surface area (Å²) in [5.74, 6) is 0. The van der Waals surface area contributed by atoms with Gasteiger partial charge in [-0.05, 0) is 37.6 Å². The largest absolute Gasteiger partial charge is 0.372 e. The zero-order chi connectivity index (χ0) is 20.8. The SMILES string of the molecule is CCN(CC)c1ccc(C=Cc2c([N+](=O)[O-])cc([N+](=O)[O-])cc2[N+](=O)[O-])cc1. The van der Waals surface area contributed by atoms with Crippen molar-refractivity contribution in [2.45, 2.75) is 13.8 Å². The van der Waals surface area contributed by atoms with E-state index >= 15 is 0 Å². The van der Waals surface area contributed by atoms with Crippen LogP contribution < -0.4 is 4.90 Å². The zero-order valence-corrected chi connectivity index (χ0v) is 15.3. The fraction of sp³-hybridized carbons (Fsp3) is 0.222. The van der Waals surface area contributed by atoms with Gasteiger partial charge in [-0.15, -0.1) is 0 Å². The molecule has 10 nitrogen and oxygen atoms in total. The van der Waals surface area contributed by atoms with E-state index < -0.39 is 31.8 Å². The Hall–Kier alpha value is -3.82. The Labute approximate surface area is 160 Å². The van der Waals surface area contributed by atoms with Crippen molar-refractivity contribution in [1.82, 2.24) is 0 Å². The molecule has 0 bridgehead atoms. The molecule has 0 aliphatic carbocycles. The molecule has 0 spiro atoms. The molecule has 2 rings (SSSR count). The maximum absolute atomic E-state index is 11.3. The standard InChI is InChI=1S/C18H18N4O6/c1-3-19(4-2)14-8-5-13(6-9-14)7-10-16-17(21(25)26)11-15(20(23)24)12-18(16)22(27)28/h5-12H,3-4H2,1-2H3. The van der Waals surface area contributed by atoms with Gasteiger partial charge in [0.2, 0.25) is 0 Å². The molecule has 0 aliphatic heterocycles. The van der Waals surface area contributed by atoms with E-state index in [4.69, 9.17) is 0 Å². The van der Waals surface area contributed by atoms with Crippen molar-refractivity contribution in [3.05, 3.63) is 77.9 Å². The summed E-state index contributed by atoms with van der Waals surface area (Å²) in [5.41, 5.74) is -0.714. The van der Waals surface area contributed by atoms with Gasteiger partial charge in [0.1, 0.15) is 5.56 Å². The summed E-state index contributed by atoms with van der Waals surface area (Å²) in [4.78, 5) is 33.0. The van der Waals surface area contributed by atoms with E-state index in [0.717, 1.165) is 30.9 Å². The van der Waals surface area contributed by atoms with E-state index in [9.17, 15) is 30.3 Å². The topological polar surface area (TPSA) is 133 Å². The summed E-state index contributed by atoms with van der Waals surface area (Å²) in [6.07, 6.45) is 2.72. The zero-order valence-electron chi connectivity index (χ0n) is 15.3. The Bertz CT molecular complexity index is 901. The molecule has 0 saturated carbocycles. The van der Waals surface area contributed by atoms with Crippen LogP contribution in [0, 0.1) is 30.3 Å². The lowest BCUT2D eigenvalue weighted by Gasteiger charge is -2.20. The highest BCUT2D eigenvalue weighted by molar-refractivity contribution is 5.81. The Morgan fingerprint density at radius 1 is 0.821 bits per heavy atom. The summed E-state index contributed by atoms with van der Waals surface area (Å²) < 4.78 is 0. The number of hydrogen-bond acceptors (Lipinski definition) is 7. The molecule has 28 heavy (non-hydrogen) atoms. The summed E-state index contributed by atoms with van der Waals surface area (Å²) in [7, 11) is 0. The summed E-state index contributed by atoms with van der Waals surface area (Å²) in [5, 5.41) is 33.5. The lowest BCUT2D eigenvalue weighted by Crippen LogP contribution is -2.21. The molecule has 2 aromatic rings. The third kappa shape index (κ3) is 4.47. The fourth-order valence-corrected chi connectivity index (χ4v) is 2.75. The average molecular weight is 386 g/mol. The van der Waals surface area contributed by atoms with E-state index in [1.165, 1.54) is 12.2 Å². The van der Waals surface area contributed by atoms with Crippen LogP contribution in [-0.4, -0.2) is 27.9 Å². The number of benzene rings is 2. The molecule has 10 heteroatoms. The molecule has 0 unspecified atom stereocenters. The molecule has 0 aliphatic rings. The van der Waals surface area contributed by atoms with Gasteiger partial charge in [-0.25, -0.2) is 0 Å². The lowest BCUT2D eigenvalue weighted by atomic mass is 10.1. The molecular weight excluding hydrogens is 368 g/mol. The molecule has 0 heterocycles. The average Bonchev–Trinajstić information content (AvgIpc) is 2.67. The number of anilines is 1. The van der Waals surface area contributed by atoms with Crippen LogP contribution in [0.5, 0.6) is 0 Å². The quantitative estimate of drug-likeness (QED) is 0.372. The second-order valence-corrected chi connectivity index (χ2v) is 5.77. The van der Waals surface area contributed by atoms with Gasteiger partial charge in [-0.2, -0.15) is 0 Å². The van der Waals surface area contributed by atoms with Crippen molar-refractivity contribution in [3.8, 4) is 0 Å². The highest BCUT2D eigenvalue weighted by atomic mass is 16.6. The molecular formula is C18H18N4O6. The van der Waals surface area contributed by atoms with Gasteiger partial charge in [0, 0.05) is 18.8 Å². The van der Waals surface area contributed by atoms with Gasteiger partial charge >= 0.3 is 0 Å². The van der Waals surface area contributed by atoms with Crippen LogP contribution >= 0.6 is 0 Å². The van der Waals surface area contributed by atoms with Crippen molar-refractivity contribution < 1.29 is 14.8 Å². The second-order valence-electron chi connectivity index (χ2n) is 5.77. The van der Waals surface area contributed by atoms with E-state index in [0.29, 0.717) is 5.56 Å². The van der Waals surface area contributed by atoms with Crippen LogP contribution in [0.15, 0.2) is 36.4 Å². The Morgan fingerprint density at radius 2 is 1.32 bits per heavy atom. The first-order valence-corrected chi connectivity index (χ1v) is 8.42. The molecule has 146 valence electrons. The first-order valence-electron chi connectivity index (χ1n) is 8.42. The van der Waals surface area contributed by atoms with E-state index in [-0.39, 0.29) is 5.56 Å². The van der Waals surface area contributed by atoms with Crippen LogP contribution in [0.4, 0.5) is 22.7 Å². The first-order chi connectivity index (χ1) is 13.3. The minimum atomic E-state index is -0.903. The molecule has 0 fully saturated rings. The maximum atomic E-state index is 11.3. The van der Waals surface area contributed by atoms with Gasteiger partial charge < -0.3 is 4.90 Å². The molecule has 0 atom stereocenters. The van der Waals surface area contributed by atoms with Crippen molar-refractivity contribution in [2.24, 2.45) is 0 Å². The van der Waals surface area contributed by atoms with Crippen molar-refractivity contribution in [2.75, 3.05) is 18.0 Å². The van der Waals surface area contributed by atoms with Gasteiger partial charge in [0.05, 0.1) is 26.9 Å². The van der Waals surface area contributed by atoms with Crippen LogP contribution in [0.3, 0.4) is 0 Å². The molecule has 0 radical (unpaired) electrons. The van der Waals surface area contributed by atoms with Gasteiger partial charge in [0.25, 0.3) is 17.1 Å². The maximum Gasteiger partial charge on any atom is 0.290 e. The Kier molecular flexibility index (Phi) is 6.38. The van der Waals surface area contributed by atoms with Crippen LogP contribution in [0.25, 0.3) is 12.2 Å². The summed E-state index contributed by atoms with van der Waals surface area (Å²) in [6.45, 7) is 5.74. The molecule has 2 aromatic carbocycles. The normalized spacial score (nSPS) is 10.8. The third-order valence-electron chi connectivity index (χ3n) is 4.19. The molecule has 0 saturated heterocycles. The Balaban J connectivity index is 2.48. The minimum absolute atomic E-state index is 0.298. The van der Waals surface area contributed by atoms with E-state index in [1.54, 1.807) is 12.1 Å². The number of nitro groups is 3. The van der Waals surface area contributed by atoms with Crippen molar-refractivity contribution in [1.29, 1.82) is 0 Å². The van der Waals surface area contributed by atoms with Gasteiger partial charge in [-0.1, -0.05) is 18.2 Å². The monoisotopic (exact) mass is 386 g/mol. The summed E-state index contributed by atoms with van der Waals surface area (Å²) >= 11 is 0. The number of nitro benzene ring substituents is 3. The van der Waals surface area contributed by atoms with Crippen molar-refractivity contribution >= 4 is 34.9 Å². The number of nitrogens with zero attached hydrogens (tertiary/aromatic N) is 4. The predicted molar refractivity (Wildman–Crippen MR) is 105 cm³/mol. The van der Waals surface area contributed by atoms with Gasteiger partial charge in [0.15, 0.2) is 0 Å². The van der Waals surface area contributed by atoms with E-state index in [2.05, 4.69) is 4.90 Å². The second kappa shape index (κ2) is 8.71. The lowest BCUT2D eigenvalue weighted by molar-refractivity contribution is -0.403. The molecule has 0 amide bonds. The number of non-ortho nitro benzene ring substituents is 1. The van der Waals surface area contributed by atoms with Crippen LogP contribution in [0.2, 0.25) is 0 Å². The van der Waals surface area contributed by atoms with Crippen LogP contribution in [-0.2, 0) is 0 Å². The third-order valence-corrected chi connectivity index (χ3v) is 4.19. The number of rotatable bonds is 8. The highest BCUT2D eigenvalue weighted by Gasteiger charge is 2.28. The predicted octanol–water partition coefficient (Wildman–Crippen LogP) is 4.43. The van der Waals surface area contributed by atoms with Crippen LogP contribution in [0.1, 0.15) is 25.0 Å². The smallest absolute Gasteiger partial charge is 0.290 e. The number of hydrogen-bond donors (Lipinski definition) is 0. The minimum Gasteiger partial charge on any atom is -0.372 e. The Morgan fingerprint density at radius 3 is 1.71 bits per heavy atom. The highest BCUT2D eigenvalue weighted by Crippen LogP contribution is 2.35. The first kappa shape index (κ1) is 20.5. The summed E-state index contributed by atoms with van der Waals surface area (Å²) in [6, 6.07) is 8.77. The van der Waals surface area contributed by atoms with Crippen molar-refractivity contribution in [3.63, 3.8) is 0 Å².